The average Bonchev–Trinajstić information content (AvgIpc) is 3.36. The number of nitrogens with zero attached hydrogens (tertiary/aromatic N) is 4. The lowest BCUT2D eigenvalue weighted by molar-refractivity contribution is 0.462. The number of hydrogen-bond donors (Lipinski definition) is 0. The number of fused-ring (bicyclic) bond motifs is 1. The number of aromatic nitrogens is 3. The largest absolute Gasteiger partial charge is 0.356 e. The molecule has 3 aromatic rings. The minimum atomic E-state index is 0.486. The number of rotatable bonds is 4. The van der Waals surface area contributed by atoms with Gasteiger partial charge in [0.1, 0.15) is 11.6 Å². The summed E-state index contributed by atoms with van der Waals surface area (Å²) >= 11 is 6.09. The molecule has 5 rings (SSSR count). The Labute approximate surface area is 158 Å². The number of imidazole rings is 1. The molecule has 0 amide bonds. The van der Waals surface area contributed by atoms with Gasteiger partial charge >= 0.3 is 0 Å². The van der Waals surface area contributed by atoms with Crippen molar-refractivity contribution in [3.8, 4) is 0 Å². The van der Waals surface area contributed by atoms with Crippen molar-refractivity contribution < 1.29 is 0 Å². The van der Waals surface area contributed by atoms with Crippen molar-refractivity contribution in [1.82, 2.24) is 14.5 Å². The predicted molar refractivity (Wildman–Crippen MR) is 106 cm³/mol. The van der Waals surface area contributed by atoms with Crippen LogP contribution in [0.5, 0.6) is 0 Å². The first-order valence-electron chi connectivity index (χ1n) is 9.58. The van der Waals surface area contributed by atoms with E-state index in [-0.39, 0.29) is 0 Å². The van der Waals surface area contributed by atoms with E-state index >= 15 is 0 Å². The van der Waals surface area contributed by atoms with Crippen molar-refractivity contribution in [1.29, 1.82) is 0 Å². The standard InChI is InChI=1S/C21H23ClN4/c22-18-6-7-19-16(12-18)5-8-20(24-19)25-10-1-2-17(14-25)21-23-9-11-26(21)13-15-3-4-15/h5-9,11-12,15,17H,1-4,10,13-14H2/t17-/m1/s1. The summed E-state index contributed by atoms with van der Waals surface area (Å²) in [4.78, 5) is 12.0. The third kappa shape index (κ3) is 3.18. The Morgan fingerprint density at radius 2 is 2.04 bits per heavy atom. The number of piperidine rings is 1. The summed E-state index contributed by atoms with van der Waals surface area (Å²) < 4.78 is 2.39. The quantitative estimate of drug-likeness (QED) is 0.660. The second-order valence-electron chi connectivity index (χ2n) is 7.67. The van der Waals surface area contributed by atoms with Crippen molar-refractivity contribution in [2.75, 3.05) is 18.0 Å². The number of hydrogen-bond acceptors (Lipinski definition) is 3. The van der Waals surface area contributed by atoms with Crippen LogP contribution in [0.15, 0.2) is 42.7 Å². The molecule has 0 radical (unpaired) electrons. The van der Waals surface area contributed by atoms with Gasteiger partial charge in [0.25, 0.3) is 0 Å². The fraction of sp³-hybridized carbons (Fsp3) is 0.429. The second-order valence-corrected chi connectivity index (χ2v) is 8.11. The summed E-state index contributed by atoms with van der Waals surface area (Å²) in [5.74, 6) is 3.68. The van der Waals surface area contributed by atoms with E-state index in [1.807, 2.05) is 24.4 Å². The lowest BCUT2D eigenvalue weighted by atomic mass is 9.97. The van der Waals surface area contributed by atoms with Crippen LogP contribution in [0.4, 0.5) is 5.82 Å². The van der Waals surface area contributed by atoms with E-state index in [4.69, 9.17) is 21.6 Å². The van der Waals surface area contributed by atoms with Gasteiger partial charge < -0.3 is 9.47 Å². The van der Waals surface area contributed by atoms with E-state index in [0.29, 0.717) is 5.92 Å². The summed E-state index contributed by atoms with van der Waals surface area (Å²) in [6, 6.07) is 10.1. The first-order valence-corrected chi connectivity index (χ1v) is 9.96. The summed E-state index contributed by atoms with van der Waals surface area (Å²) in [5.41, 5.74) is 1.00. The van der Waals surface area contributed by atoms with Crippen molar-refractivity contribution in [3.63, 3.8) is 0 Å². The van der Waals surface area contributed by atoms with Gasteiger partial charge in [0, 0.05) is 48.4 Å². The van der Waals surface area contributed by atoms with Crippen molar-refractivity contribution in [2.45, 2.75) is 38.1 Å². The molecule has 1 saturated carbocycles. The Morgan fingerprint density at radius 3 is 2.92 bits per heavy atom. The Morgan fingerprint density at radius 1 is 1.12 bits per heavy atom. The summed E-state index contributed by atoms with van der Waals surface area (Å²) in [5, 5.41) is 1.85. The number of anilines is 1. The molecule has 2 aromatic heterocycles. The van der Waals surface area contributed by atoms with Gasteiger partial charge in [-0.2, -0.15) is 0 Å². The minimum Gasteiger partial charge on any atom is -0.356 e. The zero-order valence-corrected chi connectivity index (χ0v) is 15.6. The minimum absolute atomic E-state index is 0.486. The molecular formula is C21H23ClN4. The van der Waals surface area contributed by atoms with Crippen LogP contribution in [-0.2, 0) is 6.54 Å². The number of halogens is 1. The molecule has 0 N–H and O–H groups in total. The summed E-state index contributed by atoms with van der Waals surface area (Å²) in [7, 11) is 0. The van der Waals surface area contributed by atoms with Gasteiger partial charge in [-0.3, -0.25) is 0 Å². The molecule has 0 bridgehead atoms. The SMILES string of the molecule is Clc1ccc2nc(N3CCC[C@@H](c4nccn4CC4CC4)C3)ccc2c1. The van der Waals surface area contributed by atoms with Crippen LogP contribution in [0.3, 0.4) is 0 Å². The summed E-state index contributed by atoms with van der Waals surface area (Å²) in [6.07, 6.45) is 9.26. The van der Waals surface area contributed by atoms with E-state index in [2.05, 4.69) is 27.8 Å². The highest BCUT2D eigenvalue weighted by Gasteiger charge is 2.28. The molecule has 2 aliphatic rings. The highest BCUT2D eigenvalue weighted by atomic mass is 35.5. The molecule has 134 valence electrons. The van der Waals surface area contributed by atoms with Crippen LogP contribution in [-0.4, -0.2) is 27.6 Å². The highest BCUT2D eigenvalue weighted by molar-refractivity contribution is 6.31. The number of pyridine rings is 1. The smallest absolute Gasteiger partial charge is 0.129 e. The molecule has 5 heteroatoms. The van der Waals surface area contributed by atoms with Gasteiger partial charge in [-0.05, 0) is 61.9 Å². The van der Waals surface area contributed by atoms with Crippen molar-refractivity contribution in [3.05, 3.63) is 53.6 Å². The average molecular weight is 367 g/mol. The van der Waals surface area contributed by atoms with E-state index in [0.717, 1.165) is 47.3 Å². The van der Waals surface area contributed by atoms with E-state index in [1.54, 1.807) is 0 Å². The predicted octanol–water partition coefficient (Wildman–Crippen LogP) is 4.88. The Bertz CT molecular complexity index is 931. The van der Waals surface area contributed by atoms with Crippen LogP contribution >= 0.6 is 11.6 Å². The first kappa shape index (κ1) is 16.1. The van der Waals surface area contributed by atoms with E-state index in [1.165, 1.54) is 31.5 Å². The zero-order chi connectivity index (χ0) is 17.5. The maximum Gasteiger partial charge on any atom is 0.129 e. The fourth-order valence-corrected chi connectivity index (χ4v) is 4.25. The third-order valence-electron chi connectivity index (χ3n) is 5.65. The Kier molecular flexibility index (Phi) is 4.08. The lowest BCUT2D eigenvalue weighted by Gasteiger charge is -2.33. The maximum absolute atomic E-state index is 6.09. The molecule has 1 aliphatic heterocycles. The summed E-state index contributed by atoms with van der Waals surface area (Å²) in [6.45, 7) is 3.19. The van der Waals surface area contributed by atoms with Crippen LogP contribution in [0, 0.1) is 5.92 Å². The Balaban J connectivity index is 1.38. The molecule has 1 aromatic carbocycles. The molecular weight excluding hydrogens is 344 g/mol. The first-order chi connectivity index (χ1) is 12.8. The van der Waals surface area contributed by atoms with Crippen LogP contribution in [0.25, 0.3) is 10.9 Å². The van der Waals surface area contributed by atoms with E-state index in [9.17, 15) is 0 Å². The van der Waals surface area contributed by atoms with Gasteiger partial charge in [-0.25, -0.2) is 9.97 Å². The molecule has 1 atom stereocenters. The molecule has 3 heterocycles. The van der Waals surface area contributed by atoms with Gasteiger partial charge in [0.05, 0.1) is 5.52 Å². The third-order valence-corrected chi connectivity index (χ3v) is 5.88. The van der Waals surface area contributed by atoms with Gasteiger partial charge in [-0.1, -0.05) is 11.6 Å². The second kappa shape index (κ2) is 6.58. The number of benzene rings is 1. The van der Waals surface area contributed by atoms with Crippen LogP contribution < -0.4 is 4.90 Å². The normalized spacial score (nSPS) is 20.7. The molecule has 0 spiro atoms. The molecule has 26 heavy (non-hydrogen) atoms. The van der Waals surface area contributed by atoms with Gasteiger partial charge in [0.2, 0.25) is 0 Å². The van der Waals surface area contributed by atoms with E-state index < -0.39 is 0 Å². The topological polar surface area (TPSA) is 34.0 Å². The highest BCUT2D eigenvalue weighted by Crippen LogP contribution is 2.34. The molecule has 1 aliphatic carbocycles. The fourth-order valence-electron chi connectivity index (χ4n) is 4.07. The van der Waals surface area contributed by atoms with Crippen LogP contribution in [0.1, 0.15) is 37.4 Å². The van der Waals surface area contributed by atoms with Crippen molar-refractivity contribution >= 4 is 28.3 Å². The monoisotopic (exact) mass is 366 g/mol. The molecule has 2 fully saturated rings. The van der Waals surface area contributed by atoms with Crippen molar-refractivity contribution in [2.24, 2.45) is 5.92 Å². The molecule has 4 nitrogen and oxygen atoms in total. The molecule has 0 unspecified atom stereocenters. The maximum atomic E-state index is 6.09. The van der Waals surface area contributed by atoms with Gasteiger partial charge in [0.15, 0.2) is 0 Å². The Hall–Kier alpha value is -2.07. The molecule has 1 saturated heterocycles. The zero-order valence-electron chi connectivity index (χ0n) is 14.8. The van der Waals surface area contributed by atoms with Gasteiger partial charge in [-0.15, -0.1) is 0 Å². The lowest BCUT2D eigenvalue weighted by Crippen LogP contribution is -2.36. The van der Waals surface area contributed by atoms with Crippen LogP contribution in [0.2, 0.25) is 5.02 Å².